The molecule has 0 amide bonds. The highest BCUT2D eigenvalue weighted by molar-refractivity contribution is 9.10. The molecule has 0 aliphatic rings. The van der Waals surface area contributed by atoms with Crippen molar-refractivity contribution in [2.75, 3.05) is 14.2 Å². The van der Waals surface area contributed by atoms with Gasteiger partial charge in [-0.05, 0) is 30.7 Å². The Balaban J connectivity index is 3.22. The molecule has 0 N–H and O–H groups in total. The Bertz CT molecular complexity index is 670. The van der Waals surface area contributed by atoms with E-state index in [0.29, 0.717) is 21.5 Å². The van der Waals surface area contributed by atoms with E-state index in [1.807, 2.05) is 0 Å². The lowest BCUT2D eigenvalue weighted by atomic mass is 10.1. The van der Waals surface area contributed by atoms with Crippen LogP contribution in [0.15, 0.2) is 22.2 Å². The first kappa shape index (κ1) is 17.5. The number of halogens is 1. The predicted octanol–water partition coefficient (Wildman–Crippen LogP) is 2.83. The van der Waals surface area contributed by atoms with E-state index in [9.17, 15) is 4.79 Å². The minimum absolute atomic E-state index is 0.0423. The van der Waals surface area contributed by atoms with Gasteiger partial charge in [0.15, 0.2) is 17.6 Å². The van der Waals surface area contributed by atoms with Gasteiger partial charge in [-0.25, -0.2) is 4.79 Å². The summed E-state index contributed by atoms with van der Waals surface area (Å²) in [4.78, 5) is 11.4. The molecule has 0 saturated carbocycles. The van der Waals surface area contributed by atoms with Gasteiger partial charge in [0.05, 0.1) is 14.2 Å². The van der Waals surface area contributed by atoms with Gasteiger partial charge in [-0.3, -0.25) is 0 Å². The Morgan fingerprint density at radius 2 is 1.91 bits per heavy atom. The molecule has 0 aliphatic heterocycles. The van der Waals surface area contributed by atoms with Gasteiger partial charge >= 0.3 is 5.97 Å². The fraction of sp³-hybridized carbons (Fsp3) is 0.267. The van der Waals surface area contributed by atoms with Crippen molar-refractivity contribution in [3.63, 3.8) is 0 Å². The van der Waals surface area contributed by atoms with Crippen molar-refractivity contribution in [3.05, 3.63) is 27.7 Å². The van der Waals surface area contributed by atoms with Crippen LogP contribution in [0.3, 0.4) is 0 Å². The third-order valence-electron chi connectivity index (χ3n) is 2.66. The zero-order valence-electron chi connectivity index (χ0n) is 12.2. The fourth-order valence-electron chi connectivity index (χ4n) is 1.56. The largest absolute Gasteiger partial charge is 0.493 e. The van der Waals surface area contributed by atoms with Crippen molar-refractivity contribution in [3.8, 4) is 23.6 Å². The van der Waals surface area contributed by atoms with Gasteiger partial charge in [-0.15, -0.1) is 0 Å². The Kier molecular flexibility index (Phi) is 6.43. The van der Waals surface area contributed by atoms with Crippen molar-refractivity contribution >= 4 is 28.0 Å². The third-order valence-corrected chi connectivity index (χ3v) is 3.35. The Hall–Kier alpha value is -2.51. The van der Waals surface area contributed by atoms with Crippen LogP contribution in [0.25, 0.3) is 6.08 Å². The molecule has 1 aromatic carbocycles. The molecular weight excluding hydrogens is 352 g/mol. The SMILES string of the molecule is COC(=O)C(C)Oc1cc(Br)c(C=C(C#N)C#N)cc1OC. The van der Waals surface area contributed by atoms with E-state index in [2.05, 4.69) is 20.7 Å². The molecule has 114 valence electrons. The van der Waals surface area contributed by atoms with Crippen LogP contribution in [0.5, 0.6) is 11.5 Å². The van der Waals surface area contributed by atoms with Crippen molar-refractivity contribution in [2.24, 2.45) is 0 Å². The number of rotatable bonds is 5. The lowest BCUT2D eigenvalue weighted by molar-refractivity contribution is -0.147. The van der Waals surface area contributed by atoms with E-state index >= 15 is 0 Å². The second kappa shape index (κ2) is 8.06. The average Bonchev–Trinajstić information content (AvgIpc) is 2.53. The standard InChI is InChI=1S/C15H13BrN2O4/c1-9(15(19)21-3)22-14-6-12(16)11(5-13(14)20-2)4-10(7-17)8-18/h4-6,9H,1-3H3. The Morgan fingerprint density at radius 3 is 2.41 bits per heavy atom. The molecule has 1 rings (SSSR count). The average molecular weight is 365 g/mol. The Morgan fingerprint density at radius 1 is 1.27 bits per heavy atom. The lowest BCUT2D eigenvalue weighted by Crippen LogP contribution is -2.25. The molecule has 0 bridgehead atoms. The topological polar surface area (TPSA) is 92.3 Å². The molecule has 6 nitrogen and oxygen atoms in total. The number of allylic oxidation sites excluding steroid dienone is 1. The smallest absolute Gasteiger partial charge is 0.346 e. The van der Waals surface area contributed by atoms with Gasteiger partial charge in [-0.2, -0.15) is 10.5 Å². The number of hydrogen-bond donors (Lipinski definition) is 0. The number of methoxy groups -OCH3 is 2. The number of carbonyl (C=O) groups is 1. The molecule has 0 fully saturated rings. The lowest BCUT2D eigenvalue weighted by Gasteiger charge is -2.16. The molecule has 22 heavy (non-hydrogen) atoms. The number of hydrogen-bond acceptors (Lipinski definition) is 6. The van der Waals surface area contributed by atoms with Gasteiger partial charge in [0, 0.05) is 4.47 Å². The summed E-state index contributed by atoms with van der Waals surface area (Å²) in [5, 5.41) is 17.6. The molecule has 0 aromatic heterocycles. The van der Waals surface area contributed by atoms with Crippen LogP contribution in [0.4, 0.5) is 0 Å². The molecular formula is C15H13BrN2O4. The summed E-state index contributed by atoms with van der Waals surface area (Å²) in [7, 11) is 2.72. The minimum Gasteiger partial charge on any atom is -0.493 e. The maximum absolute atomic E-state index is 11.4. The van der Waals surface area contributed by atoms with E-state index < -0.39 is 12.1 Å². The van der Waals surface area contributed by atoms with Crippen molar-refractivity contribution in [1.82, 2.24) is 0 Å². The molecule has 1 unspecified atom stereocenters. The van der Waals surface area contributed by atoms with Gasteiger partial charge in [0.25, 0.3) is 0 Å². The number of nitrogens with zero attached hydrogens (tertiary/aromatic N) is 2. The molecule has 0 heterocycles. The van der Waals surface area contributed by atoms with Crippen molar-refractivity contribution < 1.29 is 19.0 Å². The van der Waals surface area contributed by atoms with Crippen LogP contribution in [-0.4, -0.2) is 26.3 Å². The minimum atomic E-state index is -0.805. The fourth-order valence-corrected chi connectivity index (χ4v) is 2.00. The first-order valence-electron chi connectivity index (χ1n) is 6.10. The monoisotopic (exact) mass is 364 g/mol. The molecule has 0 spiro atoms. The predicted molar refractivity (Wildman–Crippen MR) is 82.0 cm³/mol. The van der Waals surface area contributed by atoms with Crippen molar-refractivity contribution in [2.45, 2.75) is 13.0 Å². The number of benzene rings is 1. The van der Waals surface area contributed by atoms with Gasteiger partial charge in [0.2, 0.25) is 0 Å². The summed E-state index contributed by atoms with van der Waals surface area (Å²) in [6.07, 6.45) is 0.612. The first-order chi connectivity index (χ1) is 10.5. The zero-order valence-corrected chi connectivity index (χ0v) is 13.8. The number of ether oxygens (including phenoxy) is 3. The zero-order chi connectivity index (χ0) is 16.7. The molecule has 0 aliphatic carbocycles. The van der Waals surface area contributed by atoms with Crippen molar-refractivity contribution in [1.29, 1.82) is 10.5 Å². The third kappa shape index (κ3) is 4.24. The van der Waals surface area contributed by atoms with Crippen LogP contribution >= 0.6 is 15.9 Å². The number of carbonyl (C=O) groups excluding carboxylic acids is 1. The maximum atomic E-state index is 11.4. The highest BCUT2D eigenvalue weighted by Gasteiger charge is 2.18. The summed E-state index contributed by atoms with van der Waals surface area (Å²) in [5.41, 5.74) is 0.535. The van der Waals surface area contributed by atoms with E-state index in [1.54, 1.807) is 31.2 Å². The van der Waals surface area contributed by atoms with Crippen LogP contribution in [0, 0.1) is 22.7 Å². The van der Waals surface area contributed by atoms with Crippen LogP contribution < -0.4 is 9.47 Å². The number of nitriles is 2. The quantitative estimate of drug-likeness (QED) is 0.589. The van der Waals surface area contributed by atoms with Gasteiger partial charge in [-0.1, -0.05) is 15.9 Å². The highest BCUT2D eigenvalue weighted by atomic mass is 79.9. The maximum Gasteiger partial charge on any atom is 0.346 e. The summed E-state index contributed by atoms with van der Waals surface area (Å²) in [6, 6.07) is 6.75. The van der Waals surface area contributed by atoms with Crippen LogP contribution in [0.1, 0.15) is 12.5 Å². The number of esters is 1. The van der Waals surface area contributed by atoms with Crippen LogP contribution in [0.2, 0.25) is 0 Å². The second-order valence-corrected chi connectivity index (χ2v) is 4.94. The summed E-state index contributed by atoms with van der Waals surface area (Å²) >= 11 is 3.33. The Labute approximate surface area is 136 Å². The van der Waals surface area contributed by atoms with E-state index in [-0.39, 0.29) is 5.57 Å². The molecule has 0 saturated heterocycles. The van der Waals surface area contributed by atoms with E-state index in [4.69, 9.17) is 20.0 Å². The van der Waals surface area contributed by atoms with E-state index in [1.165, 1.54) is 20.3 Å². The molecule has 1 aromatic rings. The van der Waals surface area contributed by atoms with E-state index in [0.717, 1.165) is 0 Å². The summed E-state index contributed by atoms with van der Waals surface area (Å²) in [5.74, 6) is 0.179. The normalized spacial score (nSPS) is 10.6. The highest BCUT2D eigenvalue weighted by Crippen LogP contribution is 2.35. The van der Waals surface area contributed by atoms with Gasteiger partial charge < -0.3 is 14.2 Å². The molecule has 0 radical (unpaired) electrons. The molecule has 7 heteroatoms. The van der Waals surface area contributed by atoms with Crippen LogP contribution in [-0.2, 0) is 9.53 Å². The summed E-state index contributed by atoms with van der Waals surface area (Å²) in [6.45, 7) is 1.55. The van der Waals surface area contributed by atoms with Gasteiger partial charge in [0.1, 0.15) is 17.7 Å². The second-order valence-electron chi connectivity index (χ2n) is 4.09. The first-order valence-corrected chi connectivity index (χ1v) is 6.90. The molecule has 1 atom stereocenters. The summed E-state index contributed by atoms with van der Waals surface area (Å²) < 4.78 is 15.9.